The van der Waals surface area contributed by atoms with Gasteiger partial charge in [-0.2, -0.15) is 5.10 Å². The lowest BCUT2D eigenvalue weighted by Gasteiger charge is -2.15. The summed E-state index contributed by atoms with van der Waals surface area (Å²) in [6.07, 6.45) is 5.56. The first kappa shape index (κ1) is 25.0. The number of nitrogens with one attached hydrogen (secondary N) is 3. The first-order valence-corrected chi connectivity index (χ1v) is 10.9. The predicted octanol–water partition coefficient (Wildman–Crippen LogP) is 3.90. The average Bonchev–Trinajstić information content (AvgIpc) is 3.19. The molecule has 0 aliphatic heterocycles. The molecule has 0 saturated carbocycles. The highest BCUT2D eigenvalue weighted by Gasteiger charge is 2.22. The number of ether oxygens (including phenoxy) is 1. The monoisotopic (exact) mass is 564 g/mol. The number of anilines is 1. The molecule has 0 bridgehead atoms. The van der Waals surface area contributed by atoms with Crippen LogP contribution >= 0.6 is 39.1 Å². The second-order valence-corrected chi connectivity index (χ2v) is 8.19. The van der Waals surface area contributed by atoms with Crippen molar-refractivity contribution in [1.29, 1.82) is 0 Å². The summed E-state index contributed by atoms with van der Waals surface area (Å²) in [4.78, 5) is 41.6. The number of terminal acetylenes is 1. The summed E-state index contributed by atoms with van der Waals surface area (Å²) in [5.74, 6) is 0.980. The molecule has 3 aromatic rings. The Balaban J connectivity index is 1.90. The van der Waals surface area contributed by atoms with Gasteiger partial charge < -0.3 is 10.1 Å². The van der Waals surface area contributed by atoms with E-state index in [1.807, 2.05) is 0 Å². The summed E-state index contributed by atoms with van der Waals surface area (Å²) >= 11 is 15.6. The summed E-state index contributed by atoms with van der Waals surface area (Å²) in [6, 6.07) is 7.60. The molecular weight excluding hydrogens is 551 g/mol. The van der Waals surface area contributed by atoms with E-state index < -0.39 is 17.9 Å². The highest BCUT2D eigenvalue weighted by Crippen LogP contribution is 2.27. The van der Waals surface area contributed by atoms with E-state index in [4.69, 9.17) is 29.6 Å². The molecule has 0 spiro atoms. The molecule has 1 aromatic carbocycles. The van der Waals surface area contributed by atoms with E-state index in [9.17, 15) is 14.4 Å². The lowest BCUT2D eigenvalue weighted by molar-refractivity contribution is 0.0917. The van der Waals surface area contributed by atoms with Gasteiger partial charge in [0.25, 0.3) is 11.8 Å². The van der Waals surface area contributed by atoms with Crippen LogP contribution < -0.4 is 16.2 Å². The van der Waals surface area contributed by atoms with E-state index >= 15 is 0 Å². The van der Waals surface area contributed by atoms with Crippen LogP contribution in [0.3, 0.4) is 0 Å². The number of rotatable bonds is 5. The van der Waals surface area contributed by atoms with Crippen LogP contribution in [0, 0.1) is 19.3 Å². The van der Waals surface area contributed by atoms with Gasteiger partial charge in [0.2, 0.25) is 0 Å². The van der Waals surface area contributed by atoms with Gasteiger partial charge in [0.15, 0.2) is 12.4 Å². The molecule has 3 amide bonds. The number of hydrogen-bond acceptors (Lipinski definition) is 6. The Labute approximate surface area is 212 Å². The van der Waals surface area contributed by atoms with E-state index in [1.165, 1.54) is 23.0 Å². The van der Waals surface area contributed by atoms with Crippen molar-refractivity contribution in [2.24, 2.45) is 0 Å². The molecular formula is C21H15BrCl2N6O4. The van der Waals surface area contributed by atoms with Gasteiger partial charge in [-0.3, -0.25) is 15.0 Å². The van der Waals surface area contributed by atoms with E-state index in [0.717, 1.165) is 0 Å². The van der Waals surface area contributed by atoms with Gasteiger partial charge in [-0.05, 0) is 52.7 Å². The minimum Gasteiger partial charge on any atom is -0.435 e. The molecule has 2 heterocycles. The number of nitrogens with zero attached hydrogens (tertiary/aromatic N) is 3. The van der Waals surface area contributed by atoms with Crippen LogP contribution in [-0.2, 0) is 4.74 Å². The number of carbonyl (C=O) groups excluding carboxylic acids is 3. The molecule has 0 radical (unpaired) electrons. The fourth-order valence-corrected chi connectivity index (χ4v) is 3.64. The molecule has 3 N–H and O–H groups in total. The molecule has 0 aliphatic carbocycles. The van der Waals surface area contributed by atoms with Crippen LogP contribution in [-0.4, -0.2) is 39.3 Å². The zero-order chi connectivity index (χ0) is 24.8. The fraction of sp³-hybridized carbons (Fsp3) is 0.0952. The van der Waals surface area contributed by atoms with Gasteiger partial charge in [-0.15, -0.1) is 6.42 Å². The maximum Gasteiger partial charge on any atom is 0.427 e. The van der Waals surface area contributed by atoms with Crippen LogP contribution in [0.25, 0.3) is 5.82 Å². The highest BCUT2D eigenvalue weighted by molar-refractivity contribution is 9.10. The maximum absolute atomic E-state index is 13.2. The molecule has 10 nitrogen and oxygen atoms in total. The molecule has 34 heavy (non-hydrogen) atoms. The summed E-state index contributed by atoms with van der Waals surface area (Å²) in [5, 5.41) is 7.42. The zero-order valence-electron chi connectivity index (χ0n) is 17.4. The second kappa shape index (κ2) is 11.0. The Morgan fingerprint density at radius 2 is 1.97 bits per heavy atom. The van der Waals surface area contributed by atoms with Gasteiger partial charge in [0, 0.05) is 17.3 Å². The van der Waals surface area contributed by atoms with E-state index in [0.29, 0.717) is 10.2 Å². The number of hydrogen-bond donors (Lipinski definition) is 3. The van der Waals surface area contributed by atoms with Crippen molar-refractivity contribution in [2.45, 2.75) is 6.92 Å². The molecule has 2 aromatic heterocycles. The third-order valence-electron chi connectivity index (χ3n) is 4.20. The molecule has 174 valence electrons. The first-order valence-electron chi connectivity index (χ1n) is 9.35. The zero-order valence-corrected chi connectivity index (χ0v) is 20.5. The number of amides is 3. The number of aromatic nitrogens is 3. The summed E-state index contributed by atoms with van der Waals surface area (Å²) in [7, 11) is 0. The third-order valence-corrected chi connectivity index (χ3v) is 5.10. The topological polar surface area (TPSA) is 127 Å². The van der Waals surface area contributed by atoms with Crippen molar-refractivity contribution in [3.8, 4) is 18.2 Å². The summed E-state index contributed by atoms with van der Waals surface area (Å²) in [6.45, 7) is 1.37. The molecule has 0 unspecified atom stereocenters. The van der Waals surface area contributed by atoms with Gasteiger partial charge in [-0.1, -0.05) is 29.1 Å². The molecule has 0 atom stereocenters. The van der Waals surface area contributed by atoms with Gasteiger partial charge in [0.05, 0.1) is 16.3 Å². The lowest BCUT2D eigenvalue weighted by atomic mass is 10.1. The highest BCUT2D eigenvalue weighted by atomic mass is 79.9. The Kier molecular flexibility index (Phi) is 8.12. The number of pyridine rings is 1. The summed E-state index contributed by atoms with van der Waals surface area (Å²) in [5.41, 5.74) is 4.93. The molecule has 3 rings (SSSR count). The number of hydrazine groups is 1. The molecule has 13 heteroatoms. The summed E-state index contributed by atoms with van der Waals surface area (Å²) < 4.78 is 6.24. The van der Waals surface area contributed by atoms with Gasteiger partial charge in [-0.25, -0.2) is 19.9 Å². The van der Waals surface area contributed by atoms with E-state index in [2.05, 4.69) is 52.8 Å². The van der Waals surface area contributed by atoms with Crippen LogP contribution in [0.1, 0.15) is 26.4 Å². The maximum atomic E-state index is 13.2. The van der Waals surface area contributed by atoms with E-state index in [1.54, 1.807) is 25.1 Å². The van der Waals surface area contributed by atoms with Crippen molar-refractivity contribution in [3.63, 3.8) is 0 Å². The number of aryl methyl sites for hydroxylation is 1. The van der Waals surface area contributed by atoms with Crippen LogP contribution in [0.4, 0.5) is 10.5 Å². The van der Waals surface area contributed by atoms with Crippen molar-refractivity contribution in [2.75, 3.05) is 11.9 Å². The Hall–Kier alpha value is -3.59. The first-order chi connectivity index (χ1) is 16.2. The standard InChI is InChI=1S/C21H15BrCl2N6O4/c1-3-7-34-21(33)28-27-19(31)13-9-12(23)8-11(2)17(13)26-20(32)15-10-16(22)29-30(15)18-14(24)5-4-6-25-18/h1,4-6,8-10H,7H2,2H3,(H,26,32)(H,27,31)(H,28,33). The molecule has 0 aliphatic rings. The quantitative estimate of drug-likeness (QED) is 0.318. The number of benzene rings is 1. The number of halogens is 3. The molecule has 0 saturated heterocycles. The van der Waals surface area contributed by atoms with Crippen LogP contribution in [0.15, 0.2) is 41.1 Å². The molecule has 0 fully saturated rings. The van der Waals surface area contributed by atoms with Crippen molar-refractivity contribution < 1.29 is 19.1 Å². The Morgan fingerprint density at radius 3 is 2.68 bits per heavy atom. The Bertz CT molecular complexity index is 1320. The Morgan fingerprint density at radius 1 is 1.21 bits per heavy atom. The van der Waals surface area contributed by atoms with Crippen LogP contribution in [0.2, 0.25) is 10.0 Å². The lowest BCUT2D eigenvalue weighted by Crippen LogP contribution is -2.42. The third kappa shape index (κ3) is 5.85. The van der Waals surface area contributed by atoms with Crippen molar-refractivity contribution >= 4 is 62.7 Å². The minimum absolute atomic E-state index is 0.0170. The average molecular weight is 566 g/mol. The smallest absolute Gasteiger partial charge is 0.427 e. The number of carbonyl (C=O) groups is 3. The predicted molar refractivity (Wildman–Crippen MR) is 129 cm³/mol. The normalized spacial score (nSPS) is 10.2. The van der Waals surface area contributed by atoms with Crippen molar-refractivity contribution in [1.82, 2.24) is 25.6 Å². The van der Waals surface area contributed by atoms with Gasteiger partial charge >= 0.3 is 6.09 Å². The minimum atomic E-state index is -0.961. The largest absolute Gasteiger partial charge is 0.435 e. The second-order valence-electron chi connectivity index (χ2n) is 6.53. The SMILES string of the molecule is C#CCOC(=O)NNC(=O)c1cc(Cl)cc(C)c1NC(=O)c1cc(Br)nn1-c1ncccc1Cl. The van der Waals surface area contributed by atoms with E-state index in [-0.39, 0.29) is 39.4 Å². The van der Waals surface area contributed by atoms with Crippen molar-refractivity contribution in [3.05, 3.63) is 68.0 Å². The van der Waals surface area contributed by atoms with Crippen LogP contribution in [0.5, 0.6) is 0 Å². The fourth-order valence-electron chi connectivity index (χ4n) is 2.79. The van der Waals surface area contributed by atoms with Gasteiger partial charge in [0.1, 0.15) is 10.3 Å².